The number of nitrogen functional groups attached to an aromatic ring is 1. The molecule has 30 heavy (non-hydrogen) atoms. The van der Waals surface area contributed by atoms with Crippen molar-refractivity contribution < 1.29 is 22.6 Å². The zero-order chi connectivity index (χ0) is 21.6. The van der Waals surface area contributed by atoms with Crippen LogP contribution in [-0.4, -0.2) is 59.4 Å². The van der Waals surface area contributed by atoms with Gasteiger partial charge in [-0.25, -0.2) is 4.98 Å². The number of ether oxygens (including phenoxy) is 2. The van der Waals surface area contributed by atoms with Gasteiger partial charge in [-0.1, -0.05) is 0 Å². The SMILES string of the molecule is COCCN1C[C@@H]2C(c3cc(-c4cnc(N)c(OC(F)(F)F)c4)nn3C(C)C)[C@@H]2C1. The Balaban J connectivity index is 1.57. The molecule has 0 radical (unpaired) electrons. The normalized spacial score (nSPS) is 23.8. The van der Waals surface area contributed by atoms with E-state index in [1.807, 2.05) is 24.6 Å². The monoisotopic (exact) mass is 425 g/mol. The van der Waals surface area contributed by atoms with Crippen molar-refractivity contribution in [1.82, 2.24) is 19.7 Å². The molecule has 2 aromatic heterocycles. The van der Waals surface area contributed by atoms with E-state index >= 15 is 0 Å². The molecular formula is C20H26F3N5O2. The second kappa shape index (κ2) is 7.73. The Bertz CT molecular complexity index is 902. The van der Waals surface area contributed by atoms with E-state index in [1.54, 1.807) is 7.11 Å². The molecular weight excluding hydrogens is 399 g/mol. The van der Waals surface area contributed by atoms with Gasteiger partial charge < -0.3 is 20.1 Å². The fraction of sp³-hybridized carbons (Fsp3) is 0.600. The van der Waals surface area contributed by atoms with Crippen LogP contribution in [0.5, 0.6) is 5.75 Å². The van der Waals surface area contributed by atoms with Crippen molar-refractivity contribution in [3.8, 4) is 17.0 Å². The first-order valence-electron chi connectivity index (χ1n) is 10.00. The average molecular weight is 425 g/mol. The summed E-state index contributed by atoms with van der Waals surface area (Å²) in [5.41, 5.74) is 7.68. The van der Waals surface area contributed by atoms with Crippen LogP contribution in [0.1, 0.15) is 31.5 Å². The van der Waals surface area contributed by atoms with Gasteiger partial charge in [0.15, 0.2) is 11.6 Å². The third kappa shape index (κ3) is 4.11. The first-order chi connectivity index (χ1) is 14.2. The number of hydrogen-bond acceptors (Lipinski definition) is 6. The third-order valence-electron chi connectivity index (χ3n) is 5.88. The maximum atomic E-state index is 12.6. The van der Waals surface area contributed by atoms with Gasteiger partial charge in [-0.05, 0) is 37.8 Å². The smallest absolute Gasteiger partial charge is 0.402 e. The molecule has 0 spiro atoms. The first-order valence-corrected chi connectivity index (χ1v) is 10.00. The van der Waals surface area contributed by atoms with Crippen molar-refractivity contribution in [2.45, 2.75) is 32.2 Å². The number of aromatic nitrogens is 3. The predicted molar refractivity (Wildman–Crippen MR) is 105 cm³/mol. The second-order valence-corrected chi connectivity index (χ2v) is 8.25. The standard InChI is InChI=1S/C20H26F3N5O2/c1-11(2)28-16(18-13-9-27(4-5-29-3)10-14(13)18)7-15(26-28)12-6-17(19(24)25-8-12)30-20(21,22)23/h6-8,11,13-14,18H,4-5,9-10H2,1-3H3,(H2,24,25)/t13-,14+,18?. The van der Waals surface area contributed by atoms with Crippen LogP contribution in [-0.2, 0) is 4.74 Å². The number of piperidine rings is 1. The number of methoxy groups -OCH3 is 1. The summed E-state index contributed by atoms with van der Waals surface area (Å²) in [5, 5.41) is 4.67. The van der Waals surface area contributed by atoms with E-state index in [1.165, 1.54) is 12.3 Å². The number of likely N-dealkylation sites (tertiary alicyclic amines) is 1. The number of fused-ring (bicyclic) bond motifs is 1. The zero-order valence-corrected chi connectivity index (χ0v) is 17.2. The number of hydrogen-bond donors (Lipinski definition) is 1. The molecule has 1 aliphatic heterocycles. The largest absolute Gasteiger partial charge is 0.573 e. The molecule has 164 valence electrons. The van der Waals surface area contributed by atoms with Crippen molar-refractivity contribution >= 4 is 5.82 Å². The lowest BCUT2D eigenvalue weighted by molar-refractivity contribution is -0.274. The van der Waals surface area contributed by atoms with Crippen molar-refractivity contribution in [1.29, 1.82) is 0 Å². The maximum absolute atomic E-state index is 12.6. The summed E-state index contributed by atoms with van der Waals surface area (Å²) in [6.45, 7) is 7.81. The quantitative estimate of drug-likeness (QED) is 0.734. The van der Waals surface area contributed by atoms with Crippen LogP contribution in [0, 0.1) is 11.8 Å². The van der Waals surface area contributed by atoms with Gasteiger partial charge >= 0.3 is 6.36 Å². The number of nitrogens with two attached hydrogens (primary N) is 1. The number of nitrogens with zero attached hydrogens (tertiary/aromatic N) is 4. The molecule has 3 heterocycles. The Labute approximate surface area is 173 Å². The number of halogens is 3. The van der Waals surface area contributed by atoms with Gasteiger partial charge in [0, 0.05) is 56.2 Å². The Morgan fingerprint density at radius 1 is 1.23 bits per heavy atom. The van der Waals surface area contributed by atoms with Gasteiger partial charge in [-0.3, -0.25) is 4.68 Å². The molecule has 1 unspecified atom stereocenters. The molecule has 0 amide bonds. The van der Waals surface area contributed by atoms with Crippen LogP contribution in [0.3, 0.4) is 0 Å². The summed E-state index contributed by atoms with van der Waals surface area (Å²) >= 11 is 0. The van der Waals surface area contributed by atoms with E-state index < -0.39 is 12.1 Å². The van der Waals surface area contributed by atoms with Crippen LogP contribution in [0.4, 0.5) is 19.0 Å². The van der Waals surface area contributed by atoms with Gasteiger partial charge in [-0.2, -0.15) is 5.10 Å². The van der Waals surface area contributed by atoms with Gasteiger partial charge in [0.05, 0.1) is 12.3 Å². The highest BCUT2D eigenvalue weighted by atomic mass is 19.4. The van der Waals surface area contributed by atoms with E-state index in [4.69, 9.17) is 10.5 Å². The van der Waals surface area contributed by atoms with Crippen molar-refractivity contribution in [3.05, 3.63) is 24.0 Å². The molecule has 10 heteroatoms. The molecule has 2 aromatic rings. The predicted octanol–water partition coefficient (Wildman–Crippen LogP) is 3.30. The van der Waals surface area contributed by atoms with Crippen molar-refractivity contribution in [2.24, 2.45) is 11.8 Å². The van der Waals surface area contributed by atoms with Crippen molar-refractivity contribution in [3.63, 3.8) is 0 Å². The lowest BCUT2D eigenvalue weighted by atomic mass is 10.1. The number of pyridine rings is 1. The molecule has 1 aliphatic carbocycles. The fourth-order valence-electron chi connectivity index (χ4n) is 4.47. The summed E-state index contributed by atoms with van der Waals surface area (Å²) in [4.78, 5) is 6.28. The topological polar surface area (TPSA) is 78.4 Å². The molecule has 2 N–H and O–H groups in total. The number of anilines is 1. The van der Waals surface area contributed by atoms with Gasteiger partial charge in [0.1, 0.15) is 0 Å². The lowest BCUT2D eigenvalue weighted by Gasteiger charge is -2.19. The minimum absolute atomic E-state index is 0.132. The summed E-state index contributed by atoms with van der Waals surface area (Å²) in [6, 6.07) is 3.34. The molecule has 3 atom stereocenters. The van der Waals surface area contributed by atoms with E-state index in [2.05, 4.69) is 19.7 Å². The average Bonchev–Trinajstić information content (AvgIpc) is 3.03. The van der Waals surface area contributed by atoms with E-state index in [0.29, 0.717) is 29.0 Å². The summed E-state index contributed by atoms with van der Waals surface area (Å²) in [6.07, 6.45) is -3.41. The van der Waals surface area contributed by atoms with Crippen LogP contribution in [0.25, 0.3) is 11.3 Å². The molecule has 1 saturated carbocycles. The summed E-state index contributed by atoms with van der Waals surface area (Å²) < 4.78 is 49.1. The molecule has 2 aliphatic rings. The van der Waals surface area contributed by atoms with E-state index in [9.17, 15) is 13.2 Å². The van der Waals surface area contributed by atoms with Crippen LogP contribution < -0.4 is 10.5 Å². The highest BCUT2D eigenvalue weighted by Gasteiger charge is 2.57. The first kappa shape index (κ1) is 20.9. The Morgan fingerprint density at radius 3 is 2.53 bits per heavy atom. The summed E-state index contributed by atoms with van der Waals surface area (Å²) in [5.74, 6) is 0.750. The third-order valence-corrected chi connectivity index (χ3v) is 5.88. The van der Waals surface area contributed by atoms with E-state index in [0.717, 1.165) is 31.9 Å². The number of alkyl halides is 3. The maximum Gasteiger partial charge on any atom is 0.573 e. The minimum atomic E-state index is -4.84. The van der Waals surface area contributed by atoms with Gasteiger partial charge in [0.25, 0.3) is 0 Å². The van der Waals surface area contributed by atoms with Gasteiger partial charge in [-0.15, -0.1) is 13.2 Å². The number of rotatable bonds is 7. The molecule has 1 saturated heterocycles. The highest BCUT2D eigenvalue weighted by Crippen LogP contribution is 2.58. The highest BCUT2D eigenvalue weighted by molar-refractivity contribution is 5.64. The molecule has 0 aromatic carbocycles. The van der Waals surface area contributed by atoms with Gasteiger partial charge in [0.2, 0.25) is 0 Å². The molecule has 0 bridgehead atoms. The Kier molecular flexibility index (Phi) is 5.39. The van der Waals surface area contributed by atoms with Crippen molar-refractivity contribution in [2.75, 3.05) is 39.1 Å². The molecule has 4 rings (SSSR count). The molecule has 2 fully saturated rings. The molecule has 7 nitrogen and oxygen atoms in total. The Hall–Kier alpha value is -2.33. The van der Waals surface area contributed by atoms with Crippen LogP contribution in [0.2, 0.25) is 0 Å². The zero-order valence-electron chi connectivity index (χ0n) is 17.2. The lowest BCUT2D eigenvalue weighted by Crippen LogP contribution is -2.28. The van der Waals surface area contributed by atoms with Crippen LogP contribution >= 0.6 is 0 Å². The van der Waals surface area contributed by atoms with E-state index in [-0.39, 0.29) is 11.9 Å². The van der Waals surface area contributed by atoms with Crippen LogP contribution in [0.15, 0.2) is 18.3 Å². The second-order valence-electron chi connectivity index (χ2n) is 8.25. The fourth-order valence-corrected chi connectivity index (χ4v) is 4.47. The summed E-state index contributed by atoms with van der Waals surface area (Å²) in [7, 11) is 1.71. The Morgan fingerprint density at radius 2 is 1.93 bits per heavy atom. The minimum Gasteiger partial charge on any atom is -0.402 e.